The molecule has 2 heterocycles. The van der Waals surface area contributed by atoms with Crippen molar-refractivity contribution in [3.63, 3.8) is 0 Å². The number of benzene rings is 1. The topological polar surface area (TPSA) is 99.1 Å². The second-order valence-electron chi connectivity index (χ2n) is 7.38. The number of halogens is 1. The van der Waals surface area contributed by atoms with Crippen molar-refractivity contribution < 1.29 is 17.3 Å². The van der Waals surface area contributed by atoms with E-state index in [0.29, 0.717) is 17.0 Å². The Kier molecular flexibility index (Phi) is 3.94. The van der Waals surface area contributed by atoms with Gasteiger partial charge < -0.3 is 4.52 Å². The average molecular weight is 387 g/mol. The smallest absolute Gasteiger partial charge is 0.255 e. The van der Waals surface area contributed by atoms with Crippen molar-refractivity contribution >= 4 is 10.0 Å². The highest BCUT2D eigenvalue weighted by Gasteiger charge is 2.61. The lowest BCUT2D eigenvalue weighted by Crippen LogP contribution is -2.13. The number of hydrogen-bond acceptors (Lipinski definition) is 5. The number of nitrogens with two attached hydrogens (primary N) is 1. The first-order valence-electron chi connectivity index (χ1n) is 8.39. The van der Waals surface area contributed by atoms with E-state index in [1.807, 2.05) is 6.07 Å². The molecule has 2 unspecified atom stereocenters. The van der Waals surface area contributed by atoms with Gasteiger partial charge in [0.2, 0.25) is 0 Å². The summed E-state index contributed by atoms with van der Waals surface area (Å²) < 4.78 is 41.7. The average Bonchev–Trinajstić information content (AvgIpc) is 2.94. The Labute approximate surface area is 156 Å². The summed E-state index contributed by atoms with van der Waals surface area (Å²) in [6.45, 7) is 4.20. The maximum Gasteiger partial charge on any atom is 0.255 e. The monoisotopic (exact) mass is 387 g/mol. The van der Waals surface area contributed by atoms with E-state index in [1.165, 1.54) is 24.4 Å². The molecule has 27 heavy (non-hydrogen) atoms. The third kappa shape index (κ3) is 3.15. The normalized spacial score (nSPS) is 21.2. The Morgan fingerprint density at radius 3 is 2.56 bits per heavy atom. The Morgan fingerprint density at radius 1 is 1.15 bits per heavy atom. The lowest BCUT2D eigenvalue weighted by atomic mass is 10.0. The van der Waals surface area contributed by atoms with Crippen LogP contribution >= 0.6 is 0 Å². The number of rotatable bonds is 4. The fourth-order valence-corrected chi connectivity index (χ4v) is 4.21. The molecule has 1 aromatic carbocycles. The van der Waals surface area contributed by atoms with Crippen molar-refractivity contribution in [3.8, 4) is 11.3 Å². The molecule has 3 aromatic rings. The van der Waals surface area contributed by atoms with Crippen molar-refractivity contribution in [1.29, 1.82) is 0 Å². The van der Waals surface area contributed by atoms with Crippen LogP contribution in [0.15, 0.2) is 58.2 Å². The van der Waals surface area contributed by atoms with Crippen LogP contribution < -0.4 is 5.14 Å². The first-order chi connectivity index (χ1) is 12.7. The molecule has 1 fully saturated rings. The van der Waals surface area contributed by atoms with Crippen molar-refractivity contribution in [1.82, 2.24) is 10.1 Å². The molecule has 0 aliphatic heterocycles. The summed E-state index contributed by atoms with van der Waals surface area (Å²) in [5, 5.41) is 9.02. The number of pyridine rings is 1. The van der Waals surface area contributed by atoms with E-state index in [1.54, 1.807) is 18.2 Å². The number of primary sulfonamides is 1. The summed E-state index contributed by atoms with van der Waals surface area (Å²) >= 11 is 0. The van der Waals surface area contributed by atoms with E-state index in [2.05, 4.69) is 24.0 Å². The van der Waals surface area contributed by atoms with Crippen LogP contribution in [-0.2, 0) is 10.0 Å². The summed E-state index contributed by atoms with van der Waals surface area (Å²) in [6.07, 6.45) is 1.54. The molecule has 6 nitrogen and oxygen atoms in total. The molecule has 0 saturated heterocycles. The Bertz CT molecular complexity index is 1110. The zero-order valence-electron chi connectivity index (χ0n) is 14.8. The summed E-state index contributed by atoms with van der Waals surface area (Å²) in [4.78, 5) is 3.97. The Balaban J connectivity index is 1.62. The second kappa shape index (κ2) is 5.97. The minimum Gasteiger partial charge on any atom is -0.360 e. The fourth-order valence-electron chi connectivity index (χ4n) is 3.75. The molecule has 2 aromatic heterocycles. The molecule has 4 rings (SSSR count). The van der Waals surface area contributed by atoms with Crippen LogP contribution in [0, 0.1) is 11.2 Å². The molecule has 1 saturated carbocycles. The number of nitrogens with zero attached hydrogens (tertiary/aromatic N) is 2. The molecule has 1 aliphatic rings. The van der Waals surface area contributed by atoms with Crippen LogP contribution in [0.5, 0.6) is 0 Å². The van der Waals surface area contributed by atoms with Gasteiger partial charge in [0, 0.05) is 29.7 Å². The zero-order valence-corrected chi connectivity index (χ0v) is 15.6. The lowest BCUT2D eigenvalue weighted by molar-refractivity contribution is 0.375. The SMILES string of the molecule is CC1(C)C(c2ccc(S(N)(=O)=O)nc2)C1c1cc(-c2cccc(F)c2)no1. The largest absolute Gasteiger partial charge is 0.360 e. The summed E-state index contributed by atoms with van der Waals surface area (Å²) in [5.41, 5.74) is 2.03. The van der Waals surface area contributed by atoms with Crippen molar-refractivity contribution in [3.05, 3.63) is 65.8 Å². The van der Waals surface area contributed by atoms with E-state index in [0.717, 1.165) is 5.56 Å². The fraction of sp³-hybridized carbons (Fsp3) is 0.263. The second-order valence-corrected chi connectivity index (χ2v) is 8.88. The van der Waals surface area contributed by atoms with E-state index >= 15 is 0 Å². The first kappa shape index (κ1) is 17.8. The third-order valence-electron chi connectivity index (χ3n) is 5.19. The van der Waals surface area contributed by atoms with Crippen molar-refractivity contribution in [2.75, 3.05) is 0 Å². The summed E-state index contributed by atoms with van der Waals surface area (Å²) in [6, 6.07) is 11.2. The van der Waals surface area contributed by atoms with Gasteiger partial charge in [0.15, 0.2) is 5.03 Å². The molecule has 0 spiro atoms. The van der Waals surface area contributed by atoms with Gasteiger partial charge in [-0.2, -0.15) is 0 Å². The highest BCUT2D eigenvalue weighted by atomic mass is 32.2. The van der Waals surface area contributed by atoms with Crippen LogP contribution in [0.1, 0.15) is 37.0 Å². The molecular weight excluding hydrogens is 369 g/mol. The summed E-state index contributed by atoms with van der Waals surface area (Å²) in [5.74, 6) is 0.546. The van der Waals surface area contributed by atoms with Gasteiger partial charge in [-0.25, -0.2) is 22.9 Å². The quantitative estimate of drug-likeness (QED) is 0.739. The van der Waals surface area contributed by atoms with Crippen LogP contribution in [-0.4, -0.2) is 18.6 Å². The lowest BCUT2D eigenvalue weighted by Gasteiger charge is -2.03. The molecular formula is C19H18FN3O3S. The highest BCUT2D eigenvalue weighted by molar-refractivity contribution is 7.89. The van der Waals surface area contributed by atoms with E-state index in [-0.39, 0.29) is 28.1 Å². The van der Waals surface area contributed by atoms with Crippen LogP contribution in [0.25, 0.3) is 11.3 Å². The molecule has 0 radical (unpaired) electrons. The molecule has 140 valence electrons. The van der Waals surface area contributed by atoms with Gasteiger partial charge in [0.05, 0.1) is 0 Å². The zero-order chi connectivity index (χ0) is 19.4. The maximum absolute atomic E-state index is 13.4. The van der Waals surface area contributed by atoms with Gasteiger partial charge in [0.1, 0.15) is 17.3 Å². The van der Waals surface area contributed by atoms with Gasteiger partial charge in [-0.3, -0.25) is 0 Å². The number of hydrogen-bond donors (Lipinski definition) is 1. The van der Waals surface area contributed by atoms with Crippen LogP contribution in [0.3, 0.4) is 0 Å². The number of sulfonamides is 1. The Morgan fingerprint density at radius 2 is 1.93 bits per heavy atom. The van der Waals surface area contributed by atoms with Gasteiger partial charge in [-0.05, 0) is 29.2 Å². The minimum absolute atomic E-state index is 0.0643. The highest BCUT2D eigenvalue weighted by Crippen LogP contribution is 2.69. The molecule has 0 bridgehead atoms. The molecule has 0 amide bonds. The van der Waals surface area contributed by atoms with E-state index < -0.39 is 10.0 Å². The van der Waals surface area contributed by atoms with Gasteiger partial charge in [-0.15, -0.1) is 0 Å². The van der Waals surface area contributed by atoms with E-state index in [9.17, 15) is 12.8 Å². The Hall–Kier alpha value is -2.58. The first-order valence-corrected chi connectivity index (χ1v) is 9.94. The third-order valence-corrected chi connectivity index (χ3v) is 6.02. The van der Waals surface area contributed by atoms with Crippen LogP contribution in [0.2, 0.25) is 0 Å². The van der Waals surface area contributed by atoms with Gasteiger partial charge >= 0.3 is 0 Å². The number of aromatic nitrogens is 2. The molecule has 2 N–H and O–H groups in total. The standard InChI is InChI=1S/C19H18FN3O3S/c1-19(2)17(12-6-7-16(22-10-12)27(21,24)25)18(19)15-9-14(23-26-15)11-4-3-5-13(20)8-11/h3-10,17-18H,1-2H3,(H2,21,24,25). The predicted molar refractivity (Wildman–Crippen MR) is 96.8 cm³/mol. The minimum atomic E-state index is -3.82. The molecule has 1 aliphatic carbocycles. The molecule has 8 heteroatoms. The summed E-state index contributed by atoms with van der Waals surface area (Å²) in [7, 11) is -3.82. The molecule has 2 atom stereocenters. The maximum atomic E-state index is 13.4. The predicted octanol–water partition coefficient (Wildman–Crippen LogP) is 3.43. The van der Waals surface area contributed by atoms with Crippen LogP contribution in [0.4, 0.5) is 4.39 Å². The van der Waals surface area contributed by atoms with Gasteiger partial charge in [0.25, 0.3) is 10.0 Å². The van der Waals surface area contributed by atoms with Crippen molar-refractivity contribution in [2.24, 2.45) is 10.6 Å². The van der Waals surface area contributed by atoms with Crippen molar-refractivity contribution in [2.45, 2.75) is 30.7 Å². The van der Waals surface area contributed by atoms with E-state index in [4.69, 9.17) is 9.66 Å². The van der Waals surface area contributed by atoms with Gasteiger partial charge in [-0.1, -0.05) is 37.2 Å².